The molecule has 0 bridgehead atoms. The van der Waals surface area contributed by atoms with Gasteiger partial charge in [-0.3, -0.25) is 10.1 Å². The van der Waals surface area contributed by atoms with Crippen LogP contribution in [0.5, 0.6) is 0 Å². The van der Waals surface area contributed by atoms with Gasteiger partial charge in [0, 0.05) is 62.0 Å². The van der Waals surface area contributed by atoms with Gasteiger partial charge in [-0.15, -0.1) is 0 Å². The number of aromatic amines is 1. The third-order valence-electron chi connectivity index (χ3n) is 5.61. The van der Waals surface area contributed by atoms with Crippen LogP contribution in [0, 0.1) is 0 Å². The Kier molecular flexibility index (Phi) is 4.35. The van der Waals surface area contributed by atoms with Crippen LogP contribution < -0.4 is 10.2 Å². The number of nitrogens with one attached hydrogen (secondary N) is 2. The Labute approximate surface area is 163 Å². The Balaban J connectivity index is 1.14. The average molecular weight is 376 g/mol. The predicted molar refractivity (Wildman–Crippen MR) is 108 cm³/mol. The van der Waals surface area contributed by atoms with Crippen LogP contribution in [0.2, 0.25) is 0 Å². The number of nitrogens with zero attached hydrogens (tertiary/aromatic N) is 4. The van der Waals surface area contributed by atoms with Crippen LogP contribution in [0.25, 0.3) is 10.9 Å². The number of pyridine rings is 1. The molecule has 1 saturated carbocycles. The summed E-state index contributed by atoms with van der Waals surface area (Å²) in [5.41, 5.74) is 3.26. The highest BCUT2D eigenvalue weighted by atomic mass is 16.2. The van der Waals surface area contributed by atoms with Gasteiger partial charge < -0.3 is 15.1 Å². The molecule has 1 aromatic carbocycles. The lowest BCUT2D eigenvalue weighted by atomic mass is 10.1. The SMILES string of the molecule is O=C(NCc1ccc2cccnc2c1)N1CCN(c2cc(C3CC3)[nH]n2)CC1. The molecule has 2 amide bonds. The van der Waals surface area contributed by atoms with Crippen LogP contribution in [0.4, 0.5) is 10.6 Å². The lowest BCUT2D eigenvalue weighted by Crippen LogP contribution is -2.51. The first-order valence-corrected chi connectivity index (χ1v) is 9.93. The molecule has 0 atom stereocenters. The van der Waals surface area contributed by atoms with Crippen LogP contribution in [-0.4, -0.2) is 52.3 Å². The monoisotopic (exact) mass is 376 g/mol. The van der Waals surface area contributed by atoms with Crippen molar-refractivity contribution in [1.82, 2.24) is 25.4 Å². The number of benzene rings is 1. The molecule has 0 spiro atoms. The van der Waals surface area contributed by atoms with Crippen LogP contribution in [0.3, 0.4) is 0 Å². The van der Waals surface area contributed by atoms with E-state index < -0.39 is 0 Å². The van der Waals surface area contributed by atoms with E-state index in [0.717, 1.165) is 35.4 Å². The molecule has 144 valence electrons. The van der Waals surface area contributed by atoms with E-state index in [9.17, 15) is 4.79 Å². The molecule has 7 nitrogen and oxygen atoms in total. The number of piperazine rings is 1. The lowest BCUT2D eigenvalue weighted by Gasteiger charge is -2.34. The zero-order valence-corrected chi connectivity index (χ0v) is 15.8. The Hall–Kier alpha value is -3.09. The first-order valence-electron chi connectivity index (χ1n) is 9.93. The molecule has 5 rings (SSSR count). The van der Waals surface area contributed by atoms with Crippen LogP contribution >= 0.6 is 0 Å². The Bertz CT molecular complexity index is 987. The summed E-state index contributed by atoms with van der Waals surface area (Å²) in [5, 5.41) is 11.8. The number of H-pyrrole nitrogens is 1. The van der Waals surface area contributed by atoms with Gasteiger partial charge in [0.25, 0.3) is 0 Å². The maximum atomic E-state index is 12.5. The fourth-order valence-corrected chi connectivity index (χ4v) is 3.74. The van der Waals surface area contributed by atoms with Gasteiger partial charge in [0.05, 0.1) is 5.52 Å². The molecular weight excluding hydrogens is 352 g/mol. The summed E-state index contributed by atoms with van der Waals surface area (Å²) >= 11 is 0. The molecule has 1 aliphatic carbocycles. The highest BCUT2D eigenvalue weighted by Crippen LogP contribution is 2.39. The van der Waals surface area contributed by atoms with E-state index in [1.165, 1.54) is 18.5 Å². The molecule has 28 heavy (non-hydrogen) atoms. The summed E-state index contributed by atoms with van der Waals surface area (Å²) in [4.78, 5) is 21.0. The quantitative estimate of drug-likeness (QED) is 0.734. The lowest BCUT2D eigenvalue weighted by molar-refractivity contribution is 0.194. The number of carbonyl (C=O) groups excluding carboxylic acids is 1. The number of aromatic nitrogens is 3. The highest BCUT2D eigenvalue weighted by molar-refractivity contribution is 5.79. The number of carbonyl (C=O) groups is 1. The zero-order chi connectivity index (χ0) is 18.9. The van der Waals surface area contributed by atoms with Crippen molar-refractivity contribution in [3.05, 3.63) is 53.9 Å². The number of rotatable bonds is 4. The summed E-state index contributed by atoms with van der Waals surface area (Å²) in [7, 11) is 0. The zero-order valence-electron chi connectivity index (χ0n) is 15.8. The second-order valence-corrected chi connectivity index (χ2v) is 7.62. The summed E-state index contributed by atoms with van der Waals surface area (Å²) < 4.78 is 0. The molecule has 3 aromatic rings. The summed E-state index contributed by atoms with van der Waals surface area (Å²) in [6.07, 6.45) is 4.32. The van der Waals surface area contributed by atoms with E-state index in [0.29, 0.717) is 25.6 Å². The van der Waals surface area contributed by atoms with E-state index in [4.69, 9.17) is 0 Å². The molecule has 2 aromatic heterocycles. The van der Waals surface area contributed by atoms with Gasteiger partial charge in [-0.05, 0) is 30.5 Å². The molecule has 1 saturated heterocycles. The predicted octanol–water partition coefficient (Wildman–Crippen LogP) is 2.87. The van der Waals surface area contributed by atoms with E-state index >= 15 is 0 Å². The molecule has 2 aliphatic rings. The standard InChI is InChI=1S/C21H24N6O/c28-21(23-14-15-3-4-16-2-1-7-22-18(16)12-15)27-10-8-26(9-11-27)20-13-19(24-25-20)17-5-6-17/h1-4,7,12-13,17H,5-6,8-11,14H2,(H,23,28)(H,24,25). The third kappa shape index (κ3) is 3.52. The number of anilines is 1. The van der Waals surface area contributed by atoms with Gasteiger partial charge in [-0.25, -0.2) is 4.79 Å². The third-order valence-corrected chi connectivity index (χ3v) is 5.61. The summed E-state index contributed by atoms with van der Waals surface area (Å²) in [6, 6.07) is 12.2. The van der Waals surface area contributed by atoms with Gasteiger partial charge in [-0.1, -0.05) is 18.2 Å². The largest absolute Gasteiger partial charge is 0.352 e. The number of hydrogen-bond acceptors (Lipinski definition) is 4. The number of urea groups is 1. The minimum atomic E-state index is -0.0125. The normalized spacial score (nSPS) is 17.1. The van der Waals surface area contributed by atoms with Gasteiger partial charge in [0.1, 0.15) is 0 Å². The van der Waals surface area contributed by atoms with Gasteiger partial charge in [0.2, 0.25) is 0 Å². The first-order chi connectivity index (χ1) is 13.8. The van der Waals surface area contributed by atoms with E-state index in [-0.39, 0.29) is 6.03 Å². The van der Waals surface area contributed by atoms with Crippen molar-refractivity contribution in [3.63, 3.8) is 0 Å². The number of fused-ring (bicyclic) bond motifs is 1. The van der Waals surface area contributed by atoms with Gasteiger partial charge in [-0.2, -0.15) is 5.10 Å². The maximum Gasteiger partial charge on any atom is 0.317 e. The van der Waals surface area contributed by atoms with Crippen molar-refractivity contribution >= 4 is 22.8 Å². The second-order valence-electron chi connectivity index (χ2n) is 7.62. The highest BCUT2D eigenvalue weighted by Gasteiger charge is 2.27. The minimum absolute atomic E-state index is 0.0125. The van der Waals surface area contributed by atoms with Crippen molar-refractivity contribution < 1.29 is 4.79 Å². The van der Waals surface area contributed by atoms with Gasteiger partial charge >= 0.3 is 6.03 Å². The first kappa shape index (κ1) is 17.0. The second kappa shape index (κ2) is 7.14. The van der Waals surface area contributed by atoms with Gasteiger partial charge in [0.15, 0.2) is 5.82 Å². The van der Waals surface area contributed by atoms with E-state index in [2.05, 4.69) is 31.5 Å². The topological polar surface area (TPSA) is 77.2 Å². The van der Waals surface area contributed by atoms with Crippen molar-refractivity contribution in [2.45, 2.75) is 25.3 Å². The van der Waals surface area contributed by atoms with Crippen molar-refractivity contribution in [2.75, 3.05) is 31.1 Å². The number of amides is 2. The number of hydrogen-bond donors (Lipinski definition) is 2. The molecule has 2 N–H and O–H groups in total. The molecule has 1 aliphatic heterocycles. The molecule has 2 fully saturated rings. The Morgan fingerprint density at radius 3 is 2.82 bits per heavy atom. The fraction of sp³-hybridized carbons (Fsp3) is 0.381. The van der Waals surface area contributed by atoms with Crippen LogP contribution in [0.1, 0.15) is 30.0 Å². The summed E-state index contributed by atoms with van der Waals surface area (Å²) in [5.74, 6) is 1.68. The van der Waals surface area contributed by atoms with E-state index in [1.807, 2.05) is 35.2 Å². The Morgan fingerprint density at radius 1 is 1.14 bits per heavy atom. The molecular formula is C21H24N6O. The van der Waals surface area contributed by atoms with Crippen molar-refractivity contribution in [1.29, 1.82) is 0 Å². The molecule has 0 unspecified atom stereocenters. The van der Waals surface area contributed by atoms with Crippen molar-refractivity contribution in [2.24, 2.45) is 0 Å². The molecule has 3 heterocycles. The average Bonchev–Trinajstić information content (AvgIpc) is 3.48. The smallest absolute Gasteiger partial charge is 0.317 e. The van der Waals surface area contributed by atoms with Crippen LogP contribution in [-0.2, 0) is 6.54 Å². The van der Waals surface area contributed by atoms with Crippen molar-refractivity contribution in [3.8, 4) is 0 Å². The summed E-state index contributed by atoms with van der Waals surface area (Å²) in [6.45, 7) is 3.54. The van der Waals surface area contributed by atoms with E-state index in [1.54, 1.807) is 6.20 Å². The maximum absolute atomic E-state index is 12.5. The Morgan fingerprint density at radius 2 is 2.00 bits per heavy atom. The molecule has 7 heteroatoms. The molecule has 0 radical (unpaired) electrons. The minimum Gasteiger partial charge on any atom is -0.352 e. The fourth-order valence-electron chi connectivity index (χ4n) is 3.74. The van der Waals surface area contributed by atoms with Crippen LogP contribution in [0.15, 0.2) is 42.6 Å².